The minimum atomic E-state index is -4.02. The molecule has 0 spiro atoms. The SMILES string of the molecule is C=CCCCCC[C@H](NC(=O)O)C(=O)N1C[C@H](Oc2nc3cc(OC)ccc3nc2Cl)C[C@H]1C(=O)N[C@]1(C(=O)NS(=O)(=O)C2(C)CC2)C[C@H]1C=C. The first-order chi connectivity index (χ1) is 24.2. The summed E-state index contributed by atoms with van der Waals surface area (Å²) in [7, 11) is -2.51. The third kappa shape index (κ3) is 8.22. The van der Waals surface area contributed by atoms with Gasteiger partial charge in [0.25, 0.3) is 11.8 Å². The van der Waals surface area contributed by atoms with Gasteiger partial charge >= 0.3 is 6.09 Å². The van der Waals surface area contributed by atoms with Crippen LogP contribution in [0.5, 0.6) is 11.6 Å². The number of carboxylic acid groups (broad SMARTS) is 1. The summed E-state index contributed by atoms with van der Waals surface area (Å²) in [5.41, 5.74) is -0.712. The van der Waals surface area contributed by atoms with Gasteiger partial charge in [-0.15, -0.1) is 13.2 Å². The van der Waals surface area contributed by atoms with Crippen molar-refractivity contribution in [1.29, 1.82) is 0 Å². The lowest BCUT2D eigenvalue weighted by molar-refractivity contribution is -0.141. The molecule has 2 heterocycles. The summed E-state index contributed by atoms with van der Waals surface area (Å²) in [5.74, 6) is -2.40. The zero-order chi connectivity index (χ0) is 37.1. The van der Waals surface area contributed by atoms with Crippen LogP contribution in [0.15, 0.2) is 43.5 Å². The van der Waals surface area contributed by atoms with Gasteiger partial charge in [-0.3, -0.25) is 19.1 Å². The molecule has 276 valence electrons. The molecule has 0 bridgehead atoms. The molecule has 15 nitrogen and oxygen atoms in total. The number of likely N-dealkylation sites (tertiary alicyclic amines) is 1. The number of fused-ring (bicyclic) bond motifs is 1. The molecular weight excluding hydrogens is 704 g/mol. The van der Waals surface area contributed by atoms with Gasteiger partial charge in [0, 0.05) is 18.4 Å². The lowest BCUT2D eigenvalue weighted by atomic mass is 10.0. The van der Waals surface area contributed by atoms with Crippen LogP contribution in [-0.2, 0) is 24.4 Å². The first kappa shape index (κ1) is 37.8. The predicted molar refractivity (Wildman–Crippen MR) is 188 cm³/mol. The number of methoxy groups -OCH3 is 1. The molecule has 3 aliphatic rings. The summed E-state index contributed by atoms with van der Waals surface area (Å²) < 4.78 is 38.3. The maximum atomic E-state index is 14.1. The number of nitrogens with one attached hydrogen (secondary N) is 3. The molecule has 1 aromatic carbocycles. The Morgan fingerprint density at radius 2 is 1.90 bits per heavy atom. The van der Waals surface area contributed by atoms with Crippen LogP contribution in [0.4, 0.5) is 4.79 Å². The Labute approximate surface area is 301 Å². The van der Waals surface area contributed by atoms with Crippen LogP contribution in [0.2, 0.25) is 5.15 Å². The summed E-state index contributed by atoms with van der Waals surface area (Å²) in [6.07, 6.45) is 4.79. The van der Waals surface area contributed by atoms with Crippen molar-refractivity contribution < 1.29 is 42.2 Å². The Bertz CT molecular complexity index is 1840. The van der Waals surface area contributed by atoms with Gasteiger partial charge in [-0.25, -0.2) is 23.2 Å². The minimum Gasteiger partial charge on any atom is -0.497 e. The lowest BCUT2D eigenvalue weighted by Gasteiger charge is -2.29. The summed E-state index contributed by atoms with van der Waals surface area (Å²) in [4.78, 5) is 63.5. The second kappa shape index (κ2) is 15.0. The van der Waals surface area contributed by atoms with E-state index in [2.05, 4.69) is 38.5 Å². The van der Waals surface area contributed by atoms with Gasteiger partial charge in [0.15, 0.2) is 5.15 Å². The molecule has 0 unspecified atom stereocenters. The van der Waals surface area contributed by atoms with E-state index in [4.69, 9.17) is 21.1 Å². The monoisotopic (exact) mass is 746 g/mol. The second-order valence-corrected chi connectivity index (χ2v) is 16.0. The zero-order valence-corrected chi connectivity index (χ0v) is 30.1. The number of ether oxygens (including phenoxy) is 2. The van der Waals surface area contributed by atoms with Crippen LogP contribution >= 0.6 is 11.6 Å². The molecule has 2 aromatic rings. The molecule has 5 rings (SSSR count). The van der Waals surface area contributed by atoms with Crippen LogP contribution in [0.25, 0.3) is 11.0 Å². The van der Waals surface area contributed by atoms with Crippen molar-refractivity contribution in [2.45, 2.75) is 93.2 Å². The number of hydrogen-bond acceptors (Lipinski definition) is 10. The number of benzene rings is 1. The molecular formula is C34H43ClN6O9S. The summed E-state index contributed by atoms with van der Waals surface area (Å²) in [5, 5.41) is 14.5. The van der Waals surface area contributed by atoms with Crippen LogP contribution in [-0.4, -0.2) is 94.3 Å². The highest BCUT2D eigenvalue weighted by molar-refractivity contribution is 7.91. The van der Waals surface area contributed by atoms with Crippen LogP contribution < -0.4 is 24.8 Å². The van der Waals surface area contributed by atoms with Crippen LogP contribution in [0, 0.1) is 5.92 Å². The van der Waals surface area contributed by atoms with Crippen LogP contribution in [0.1, 0.15) is 64.7 Å². The molecule has 1 aliphatic heterocycles. The number of carbonyl (C=O) groups is 4. The molecule has 1 aromatic heterocycles. The Balaban J connectivity index is 1.41. The molecule has 17 heteroatoms. The Morgan fingerprint density at radius 3 is 2.53 bits per heavy atom. The van der Waals surface area contributed by atoms with Crippen molar-refractivity contribution >= 4 is 56.5 Å². The Morgan fingerprint density at radius 1 is 1.16 bits per heavy atom. The summed E-state index contributed by atoms with van der Waals surface area (Å²) >= 11 is 6.43. The molecule has 1 saturated heterocycles. The van der Waals surface area contributed by atoms with E-state index in [0.717, 1.165) is 19.3 Å². The van der Waals surface area contributed by atoms with Gasteiger partial charge < -0.3 is 30.1 Å². The van der Waals surface area contributed by atoms with E-state index in [1.54, 1.807) is 24.3 Å². The fraction of sp³-hybridized carbons (Fsp3) is 0.529. The van der Waals surface area contributed by atoms with Gasteiger partial charge in [0.2, 0.25) is 21.8 Å². The largest absolute Gasteiger partial charge is 0.497 e. The van der Waals surface area contributed by atoms with Gasteiger partial charge in [-0.2, -0.15) is 0 Å². The molecule has 2 aliphatic carbocycles. The first-order valence-electron chi connectivity index (χ1n) is 16.8. The van der Waals surface area contributed by atoms with Crippen LogP contribution in [0.3, 0.4) is 0 Å². The Hall–Kier alpha value is -4.44. The number of hydrogen-bond donors (Lipinski definition) is 4. The van der Waals surface area contributed by atoms with Crippen molar-refractivity contribution in [2.24, 2.45) is 5.92 Å². The first-order valence-corrected chi connectivity index (χ1v) is 18.6. The zero-order valence-electron chi connectivity index (χ0n) is 28.5. The van der Waals surface area contributed by atoms with Crippen molar-refractivity contribution in [3.05, 3.63) is 48.7 Å². The molecule has 5 atom stereocenters. The average molecular weight is 747 g/mol. The van der Waals surface area contributed by atoms with Gasteiger partial charge in [-0.1, -0.05) is 36.6 Å². The van der Waals surface area contributed by atoms with E-state index < -0.39 is 68.2 Å². The van der Waals surface area contributed by atoms with E-state index in [-0.39, 0.29) is 36.8 Å². The summed E-state index contributed by atoms with van der Waals surface area (Å²) in [6.45, 7) is 8.82. The topological polar surface area (TPSA) is 206 Å². The average Bonchev–Trinajstić information content (AvgIpc) is 3.97. The number of aromatic nitrogens is 2. The highest BCUT2D eigenvalue weighted by Gasteiger charge is 2.63. The molecule has 0 radical (unpaired) electrons. The minimum absolute atomic E-state index is 0.0538. The van der Waals surface area contributed by atoms with Gasteiger partial charge in [-0.05, 0) is 57.6 Å². The highest BCUT2D eigenvalue weighted by Crippen LogP contribution is 2.47. The number of halogens is 1. The molecule has 51 heavy (non-hydrogen) atoms. The van der Waals surface area contributed by atoms with E-state index in [9.17, 15) is 32.7 Å². The van der Waals surface area contributed by atoms with Gasteiger partial charge in [0.05, 0.1) is 29.4 Å². The van der Waals surface area contributed by atoms with E-state index in [1.807, 2.05) is 0 Å². The van der Waals surface area contributed by atoms with Crippen molar-refractivity contribution in [1.82, 2.24) is 30.2 Å². The fourth-order valence-electron chi connectivity index (χ4n) is 6.27. The quantitative estimate of drug-likeness (QED) is 0.136. The number of nitrogens with zero attached hydrogens (tertiary/aromatic N) is 3. The number of carbonyl (C=O) groups excluding carboxylic acids is 3. The molecule has 2 saturated carbocycles. The third-order valence-electron chi connectivity index (χ3n) is 9.80. The smallest absolute Gasteiger partial charge is 0.405 e. The molecule has 4 N–H and O–H groups in total. The number of unbranched alkanes of at least 4 members (excludes halogenated alkanes) is 3. The normalized spacial score (nSPS) is 23.8. The molecule has 4 amide bonds. The number of amides is 4. The highest BCUT2D eigenvalue weighted by atomic mass is 35.5. The maximum Gasteiger partial charge on any atom is 0.405 e. The fourth-order valence-corrected chi connectivity index (χ4v) is 7.76. The van der Waals surface area contributed by atoms with Crippen molar-refractivity contribution in [3.8, 4) is 11.6 Å². The molecule has 3 fully saturated rings. The maximum absolute atomic E-state index is 14.1. The van der Waals surface area contributed by atoms with E-state index in [1.165, 1.54) is 25.0 Å². The Kier molecular flexibility index (Phi) is 11.1. The third-order valence-corrected chi connectivity index (χ3v) is 12.2. The second-order valence-electron chi connectivity index (χ2n) is 13.5. The summed E-state index contributed by atoms with van der Waals surface area (Å²) in [6, 6.07) is 2.60. The predicted octanol–water partition coefficient (Wildman–Crippen LogP) is 3.47. The number of rotatable bonds is 17. The van der Waals surface area contributed by atoms with Crippen molar-refractivity contribution in [3.63, 3.8) is 0 Å². The number of allylic oxidation sites excluding steroid dienone is 1. The van der Waals surface area contributed by atoms with E-state index >= 15 is 0 Å². The van der Waals surface area contributed by atoms with Gasteiger partial charge in [0.1, 0.15) is 29.5 Å². The van der Waals surface area contributed by atoms with E-state index in [0.29, 0.717) is 36.0 Å². The standard InChI is InChI=1S/C34H43ClN6O9S/c1-5-7-8-9-10-11-24(38-32(45)46)30(43)41-19-22(50-29-27(35)36-23-13-12-21(49-4)16-25(23)37-29)17-26(41)28(42)39-34(18-20(34)6-2)31(44)40-51(47,48)33(3)14-15-33/h5-6,12-13,16,20,22,24,26,38H,1-2,7-11,14-15,17-19H2,3-4H3,(H,39,42)(H,40,44)(H,45,46)/t20-,22-,24+,26+,34-/m1/s1. The number of sulfonamides is 1. The van der Waals surface area contributed by atoms with Crippen molar-refractivity contribution in [2.75, 3.05) is 13.7 Å². The lowest BCUT2D eigenvalue weighted by Crippen LogP contribution is -2.58.